The van der Waals surface area contributed by atoms with E-state index in [-0.39, 0.29) is 0 Å². The van der Waals surface area contributed by atoms with Crippen LogP contribution in [-0.2, 0) is 6.42 Å². The standard InChI is InChI=1S/C55H46N2/c1-3-5-15-40(4-2)42-26-32-48(33-27-42)56(49-34-28-43(29-35-49)41-16-7-6-8-17-41)51-21-14-20-47(39-51)46-19-13-18-45(38-46)44-30-36-50(37-31-44)57-54-24-11-9-22-52(54)53-23-10-12-25-55(53)57/h3-5,7,9,11-22,24-39H,1,6,8,10,23H2,2H3/b15-5-,40-4+. The SMILES string of the molecule is C=C/C=C\C(=C/C)c1ccc(N(c2ccc(C3=CCCC=C3)cc2)c2cccc(-c3cccc(-c4ccc(-n5c6c(c7ccccc75)CCC=C6)cc4)c3)c2)cc1. The number of nitrogens with zero attached hydrogens (tertiary/aromatic N) is 2. The zero-order valence-electron chi connectivity index (χ0n) is 32.5. The van der Waals surface area contributed by atoms with Crippen molar-refractivity contribution in [2.24, 2.45) is 0 Å². The molecule has 0 unspecified atom stereocenters. The van der Waals surface area contributed by atoms with Gasteiger partial charge in [-0.05, 0) is 149 Å². The molecule has 0 amide bonds. The summed E-state index contributed by atoms with van der Waals surface area (Å²) in [6.45, 7) is 5.93. The van der Waals surface area contributed by atoms with Gasteiger partial charge in [0.15, 0.2) is 0 Å². The number of benzene rings is 6. The number of hydrogen-bond donors (Lipinski definition) is 0. The van der Waals surface area contributed by atoms with E-state index in [0.29, 0.717) is 0 Å². The molecule has 276 valence electrons. The minimum Gasteiger partial charge on any atom is -0.310 e. The van der Waals surface area contributed by atoms with Gasteiger partial charge in [0.2, 0.25) is 0 Å². The molecule has 2 heteroatoms. The number of hydrogen-bond acceptors (Lipinski definition) is 1. The Morgan fingerprint density at radius 2 is 1.30 bits per heavy atom. The Labute approximate surface area is 337 Å². The fourth-order valence-corrected chi connectivity index (χ4v) is 8.38. The minimum atomic E-state index is 1.09. The van der Waals surface area contributed by atoms with Crippen LogP contribution < -0.4 is 4.90 Å². The molecule has 2 aliphatic carbocycles. The Hall–Kier alpha value is -6.90. The highest BCUT2D eigenvalue weighted by Gasteiger charge is 2.19. The third-order valence-electron chi connectivity index (χ3n) is 11.3. The molecule has 0 N–H and O–H groups in total. The summed E-state index contributed by atoms with van der Waals surface area (Å²) >= 11 is 0. The van der Waals surface area contributed by atoms with Gasteiger partial charge in [-0.1, -0.05) is 140 Å². The van der Waals surface area contributed by atoms with Gasteiger partial charge in [-0.15, -0.1) is 0 Å². The second-order valence-electron chi connectivity index (χ2n) is 14.7. The quantitative estimate of drug-likeness (QED) is 0.127. The van der Waals surface area contributed by atoms with E-state index < -0.39 is 0 Å². The normalized spacial score (nSPS) is 13.8. The average molecular weight is 735 g/mol. The molecule has 7 aromatic rings. The van der Waals surface area contributed by atoms with Crippen LogP contribution in [0.4, 0.5) is 17.1 Å². The third kappa shape index (κ3) is 7.19. The zero-order chi connectivity index (χ0) is 38.6. The molecule has 9 rings (SSSR count). The van der Waals surface area contributed by atoms with Crippen LogP contribution >= 0.6 is 0 Å². The zero-order valence-corrected chi connectivity index (χ0v) is 32.5. The lowest BCUT2D eigenvalue weighted by molar-refractivity contribution is 0.967. The predicted molar refractivity (Wildman–Crippen MR) is 246 cm³/mol. The van der Waals surface area contributed by atoms with Crippen molar-refractivity contribution in [1.29, 1.82) is 0 Å². The largest absolute Gasteiger partial charge is 0.310 e. The fourth-order valence-electron chi connectivity index (χ4n) is 8.38. The molecular weight excluding hydrogens is 689 g/mol. The summed E-state index contributed by atoms with van der Waals surface area (Å²) in [5.74, 6) is 0. The van der Waals surface area contributed by atoms with Gasteiger partial charge in [0.1, 0.15) is 0 Å². The van der Waals surface area contributed by atoms with Gasteiger partial charge in [-0.25, -0.2) is 0 Å². The molecule has 0 aliphatic heterocycles. The van der Waals surface area contributed by atoms with Gasteiger partial charge in [0.05, 0.1) is 5.52 Å². The Kier molecular flexibility index (Phi) is 10.1. The van der Waals surface area contributed by atoms with Crippen LogP contribution in [0.25, 0.3) is 56.1 Å². The second-order valence-corrected chi connectivity index (χ2v) is 14.7. The maximum absolute atomic E-state index is 3.85. The molecule has 0 radical (unpaired) electrons. The van der Waals surface area contributed by atoms with Crippen LogP contribution in [-0.4, -0.2) is 4.57 Å². The lowest BCUT2D eigenvalue weighted by atomic mass is 9.98. The Balaban J connectivity index is 1.05. The lowest BCUT2D eigenvalue weighted by Gasteiger charge is -2.26. The Morgan fingerprint density at radius 1 is 0.614 bits per heavy atom. The van der Waals surface area contributed by atoms with Crippen molar-refractivity contribution in [1.82, 2.24) is 4.57 Å². The monoisotopic (exact) mass is 734 g/mol. The van der Waals surface area contributed by atoms with Crippen molar-refractivity contribution in [3.05, 3.63) is 223 Å². The smallest absolute Gasteiger partial charge is 0.0537 e. The number of allylic oxidation sites excluding steroid dienone is 10. The summed E-state index contributed by atoms with van der Waals surface area (Å²) in [6.07, 6.45) is 23.9. The molecule has 0 saturated heterocycles. The molecule has 6 aromatic carbocycles. The fraction of sp³-hybridized carbons (Fsp3) is 0.0909. The van der Waals surface area contributed by atoms with E-state index in [2.05, 4.69) is 211 Å². The van der Waals surface area contributed by atoms with Crippen LogP contribution in [0.1, 0.15) is 48.6 Å². The first-order chi connectivity index (χ1) is 28.2. The van der Waals surface area contributed by atoms with Gasteiger partial charge in [0, 0.05) is 33.8 Å². The van der Waals surface area contributed by atoms with Gasteiger partial charge < -0.3 is 9.47 Å². The molecule has 0 atom stereocenters. The summed E-state index contributed by atoms with van der Waals surface area (Å²) in [5.41, 5.74) is 18.2. The first-order valence-electron chi connectivity index (χ1n) is 20.1. The van der Waals surface area contributed by atoms with E-state index in [1.54, 1.807) is 0 Å². The molecule has 0 spiro atoms. The first-order valence-corrected chi connectivity index (χ1v) is 20.1. The lowest BCUT2D eigenvalue weighted by Crippen LogP contribution is -2.10. The number of fused-ring (bicyclic) bond motifs is 3. The van der Waals surface area contributed by atoms with E-state index >= 15 is 0 Å². The maximum atomic E-state index is 3.85. The van der Waals surface area contributed by atoms with E-state index in [9.17, 15) is 0 Å². The van der Waals surface area contributed by atoms with Crippen LogP contribution in [0.15, 0.2) is 201 Å². The maximum Gasteiger partial charge on any atom is 0.0537 e. The van der Waals surface area contributed by atoms with Crippen molar-refractivity contribution in [3.8, 4) is 27.9 Å². The van der Waals surface area contributed by atoms with Crippen LogP contribution in [0.3, 0.4) is 0 Å². The predicted octanol–water partition coefficient (Wildman–Crippen LogP) is 15.3. The number of rotatable bonds is 10. The Morgan fingerprint density at radius 3 is 2.04 bits per heavy atom. The highest BCUT2D eigenvalue weighted by atomic mass is 15.1. The number of para-hydroxylation sites is 1. The van der Waals surface area contributed by atoms with Crippen LogP contribution in [0, 0.1) is 0 Å². The number of aryl methyl sites for hydroxylation is 1. The molecular formula is C55H46N2. The van der Waals surface area contributed by atoms with Gasteiger partial charge in [-0.3, -0.25) is 0 Å². The number of anilines is 3. The Bertz CT molecular complexity index is 2730. The van der Waals surface area contributed by atoms with Gasteiger partial charge in [-0.2, -0.15) is 0 Å². The molecule has 1 heterocycles. The summed E-state index contributed by atoms with van der Waals surface area (Å²) in [7, 11) is 0. The third-order valence-corrected chi connectivity index (χ3v) is 11.3. The topological polar surface area (TPSA) is 8.17 Å². The average Bonchev–Trinajstić information content (AvgIpc) is 3.62. The first kappa shape index (κ1) is 35.8. The van der Waals surface area contributed by atoms with Crippen LogP contribution in [0.2, 0.25) is 0 Å². The van der Waals surface area contributed by atoms with E-state index in [1.165, 1.54) is 66.8 Å². The summed E-state index contributed by atoms with van der Waals surface area (Å²) in [5, 5.41) is 1.36. The van der Waals surface area contributed by atoms with Gasteiger partial charge in [0.25, 0.3) is 0 Å². The molecule has 0 saturated carbocycles. The molecule has 57 heavy (non-hydrogen) atoms. The molecule has 2 nitrogen and oxygen atoms in total. The van der Waals surface area contributed by atoms with Crippen LogP contribution in [0.5, 0.6) is 0 Å². The van der Waals surface area contributed by atoms with Crippen molar-refractivity contribution in [3.63, 3.8) is 0 Å². The highest BCUT2D eigenvalue weighted by Crippen LogP contribution is 2.39. The molecule has 2 aliphatic rings. The van der Waals surface area contributed by atoms with E-state index in [1.807, 2.05) is 12.2 Å². The molecule has 0 bridgehead atoms. The number of aromatic nitrogens is 1. The van der Waals surface area contributed by atoms with Crippen molar-refractivity contribution < 1.29 is 0 Å². The summed E-state index contributed by atoms with van der Waals surface area (Å²) in [4.78, 5) is 2.36. The van der Waals surface area contributed by atoms with E-state index in [0.717, 1.165) is 48.3 Å². The minimum absolute atomic E-state index is 1.09. The molecule has 1 aromatic heterocycles. The van der Waals surface area contributed by atoms with Crippen molar-refractivity contribution >= 4 is 45.2 Å². The van der Waals surface area contributed by atoms with E-state index in [4.69, 9.17) is 0 Å². The summed E-state index contributed by atoms with van der Waals surface area (Å²) in [6, 6.07) is 53.6. The second kappa shape index (κ2) is 16.1. The summed E-state index contributed by atoms with van der Waals surface area (Å²) < 4.78 is 2.42. The van der Waals surface area contributed by atoms with Crippen molar-refractivity contribution in [2.75, 3.05) is 4.90 Å². The van der Waals surface area contributed by atoms with Crippen molar-refractivity contribution in [2.45, 2.75) is 32.6 Å². The molecule has 0 fully saturated rings. The van der Waals surface area contributed by atoms with Gasteiger partial charge >= 0.3 is 0 Å². The highest BCUT2D eigenvalue weighted by molar-refractivity contribution is 5.91.